The minimum atomic E-state index is -0.300. The second kappa shape index (κ2) is 8.73. The summed E-state index contributed by atoms with van der Waals surface area (Å²) in [6, 6.07) is 14.1. The number of carbonyl (C=O) groups excluding carboxylic acids is 3. The van der Waals surface area contributed by atoms with Crippen molar-refractivity contribution in [3.63, 3.8) is 0 Å². The van der Waals surface area contributed by atoms with Crippen LogP contribution in [-0.2, 0) is 17.9 Å². The lowest BCUT2D eigenvalue weighted by atomic mass is 10.1. The molecule has 0 aliphatic carbocycles. The summed E-state index contributed by atoms with van der Waals surface area (Å²) in [4.78, 5) is 44.8. The summed E-state index contributed by atoms with van der Waals surface area (Å²) in [7, 11) is 0. The van der Waals surface area contributed by atoms with Crippen LogP contribution in [0.5, 0.6) is 0 Å². The van der Waals surface area contributed by atoms with Crippen molar-refractivity contribution in [2.24, 2.45) is 0 Å². The molecular weight excluding hydrogens is 382 g/mol. The van der Waals surface area contributed by atoms with Crippen LogP contribution in [-0.4, -0.2) is 39.1 Å². The SMILES string of the molecule is O=C(CCCN1C(=O)c2ccccc2C1=O)N(Cc1cccnc1)Cc1ccco1. The average molecular weight is 403 g/mol. The molecule has 0 saturated heterocycles. The molecule has 0 saturated carbocycles. The molecule has 7 heteroatoms. The normalized spacial score (nSPS) is 12.9. The number of hydrogen-bond acceptors (Lipinski definition) is 5. The summed E-state index contributed by atoms with van der Waals surface area (Å²) in [5.74, 6) is 0.0103. The Kier molecular flexibility index (Phi) is 5.70. The van der Waals surface area contributed by atoms with Gasteiger partial charge in [-0.1, -0.05) is 18.2 Å². The molecule has 0 radical (unpaired) electrons. The Morgan fingerprint density at radius 2 is 1.73 bits per heavy atom. The van der Waals surface area contributed by atoms with Crippen LogP contribution in [0.3, 0.4) is 0 Å². The highest BCUT2D eigenvalue weighted by Gasteiger charge is 2.34. The number of carbonyl (C=O) groups is 3. The number of rotatable bonds is 8. The summed E-state index contributed by atoms with van der Waals surface area (Å²) >= 11 is 0. The Labute approximate surface area is 173 Å². The molecule has 3 aromatic rings. The zero-order valence-corrected chi connectivity index (χ0v) is 16.4. The molecule has 0 bridgehead atoms. The molecule has 7 nitrogen and oxygen atoms in total. The summed E-state index contributed by atoms with van der Waals surface area (Å²) in [6.45, 7) is 0.952. The van der Waals surface area contributed by atoms with Gasteiger partial charge < -0.3 is 9.32 Å². The van der Waals surface area contributed by atoms with E-state index in [1.54, 1.807) is 53.9 Å². The number of pyridine rings is 1. The average Bonchev–Trinajstić information content (AvgIpc) is 3.36. The summed E-state index contributed by atoms with van der Waals surface area (Å²) < 4.78 is 5.39. The summed E-state index contributed by atoms with van der Waals surface area (Å²) in [5, 5.41) is 0. The molecular formula is C23H21N3O4. The van der Waals surface area contributed by atoms with E-state index >= 15 is 0 Å². The first kappa shape index (κ1) is 19.6. The predicted octanol–water partition coefficient (Wildman–Crippen LogP) is 3.28. The Bertz CT molecular complexity index is 1010. The van der Waals surface area contributed by atoms with Crippen molar-refractivity contribution in [3.8, 4) is 0 Å². The van der Waals surface area contributed by atoms with Crippen molar-refractivity contribution in [2.45, 2.75) is 25.9 Å². The Balaban J connectivity index is 1.38. The van der Waals surface area contributed by atoms with Gasteiger partial charge in [-0.2, -0.15) is 0 Å². The van der Waals surface area contributed by atoms with Gasteiger partial charge in [-0.3, -0.25) is 24.3 Å². The third-order valence-electron chi connectivity index (χ3n) is 5.03. The van der Waals surface area contributed by atoms with Gasteiger partial charge in [0.25, 0.3) is 11.8 Å². The largest absolute Gasteiger partial charge is 0.467 e. The predicted molar refractivity (Wildman–Crippen MR) is 108 cm³/mol. The van der Waals surface area contributed by atoms with E-state index in [9.17, 15) is 14.4 Å². The molecule has 0 fully saturated rings. The van der Waals surface area contributed by atoms with Gasteiger partial charge in [-0.25, -0.2) is 0 Å². The van der Waals surface area contributed by atoms with Crippen LogP contribution in [0.1, 0.15) is 44.9 Å². The third-order valence-corrected chi connectivity index (χ3v) is 5.03. The van der Waals surface area contributed by atoms with Crippen LogP contribution in [0.25, 0.3) is 0 Å². The van der Waals surface area contributed by atoms with Crippen LogP contribution in [0, 0.1) is 0 Å². The molecule has 152 valence electrons. The monoisotopic (exact) mass is 403 g/mol. The third kappa shape index (κ3) is 4.15. The molecule has 30 heavy (non-hydrogen) atoms. The Morgan fingerprint density at radius 1 is 0.967 bits per heavy atom. The van der Waals surface area contributed by atoms with Gasteiger partial charge >= 0.3 is 0 Å². The smallest absolute Gasteiger partial charge is 0.261 e. The Morgan fingerprint density at radius 3 is 2.37 bits per heavy atom. The van der Waals surface area contributed by atoms with Crippen LogP contribution < -0.4 is 0 Å². The molecule has 0 atom stereocenters. The molecule has 4 rings (SSSR count). The number of fused-ring (bicyclic) bond motifs is 1. The lowest BCUT2D eigenvalue weighted by Crippen LogP contribution is -2.33. The molecule has 1 aliphatic heterocycles. The highest BCUT2D eigenvalue weighted by Crippen LogP contribution is 2.23. The number of hydrogen-bond donors (Lipinski definition) is 0. The van der Waals surface area contributed by atoms with Gasteiger partial charge in [-0.15, -0.1) is 0 Å². The molecule has 1 aromatic carbocycles. The fraction of sp³-hybridized carbons (Fsp3) is 0.217. The van der Waals surface area contributed by atoms with Crippen molar-refractivity contribution in [1.29, 1.82) is 0 Å². The van der Waals surface area contributed by atoms with E-state index in [2.05, 4.69) is 4.98 Å². The van der Waals surface area contributed by atoms with Crippen molar-refractivity contribution in [3.05, 3.63) is 89.6 Å². The maximum atomic E-state index is 12.9. The van der Waals surface area contributed by atoms with Crippen LogP contribution in [0.15, 0.2) is 71.6 Å². The maximum absolute atomic E-state index is 12.9. The number of nitrogens with zero attached hydrogens (tertiary/aromatic N) is 3. The van der Waals surface area contributed by atoms with E-state index in [0.29, 0.717) is 36.4 Å². The van der Waals surface area contributed by atoms with Gasteiger partial charge in [0, 0.05) is 31.9 Å². The lowest BCUT2D eigenvalue weighted by molar-refractivity contribution is -0.132. The van der Waals surface area contributed by atoms with E-state index < -0.39 is 0 Å². The van der Waals surface area contributed by atoms with Gasteiger partial charge in [0.05, 0.1) is 23.9 Å². The second-order valence-electron chi connectivity index (χ2n) is 7.10. The van der Waals surface area contributed by atoms with Gasteiger partial charge in [0.15, 0.2) is 0 Å². The standard InChI is InChI=1S/C23H21N3O4/c27-21(10-4-12-26-22(28)19-8-1-2-9-20(19)23(26)29)25(16-18-7-5-13-30-18)15-17-6-3-11-24-14-17/h1-3,5-9,11,13-14H,4,10,12,15-16H2. The molecule has 0 spiro atoms. The van der Waals surface area contributed by atoms with E-state index in [4.69, 9.17) is 4.42 Å². The van der Waals surface area contributed by atoms with E-state index in [0.717, 1.165) is 5.56 Å². The number of furan rings is 1. The zero-order valence-electron chi connectivity index (χ0n) is 16.4. The molecule has 1 aliphatic rings. The second-order valence-corrected chi connectivity index (χ2v) is 7.10. The number of aromatic nitrogens is 1. The van der Waals surface area contributed by atoms with Crippen molar-refractivity contribution in [1.82, 2.24) is 14.8 Å². The van der Waals surface area contributed by atoms with Crippen molar-refractivity contribution in [2.75, 3.05) is 6.54 Å². The number of benzene rings is 1. The fourth-order valence-corrected chi connectivity index (χ4v) is 3.52. The number of amides is 3. The first-order valence-electron chi connectivity index (χ1n) is 9.78. The summed E-state index contributed by atoms with van der Waals surface area (Å²) in [5.41, 5.74) is 1.76. The Hall–Kier alpha value is -3.74. The minimum absolute atomic E-state index is 0.0770. The number of imide groups is 1. The highest BCUT2D eigenvalue weighted by atomic mass is 16.3. The van der Waals surface area contributed by atoms with E-state index in [-0.39, 0.29) is 30.7 Å². The van der Waals surface area contributed by atoms with Crippen LogP contribution in [0.2, 0.25) is 0 Å². The van der Waals surface area contributed by atoms with E-state index in [1.165, 1.54) is 4.90 Å². The molecule has 0 unspecified atom stereocenters. The first-order valence-corrected chi connectivity index (χ1v) is 9.78. The van der Waals surface area contributed by atoms with Gasteiger partial charge in [-0.05, 0) is 42.3 Å². The topological polar surface area (TPSA) is 83.7 Å². The van der Waals surface area contributed by atoms with Crippen LogP contribution in [0.4, 0.5) is 0 Å². The van der Waals surface area contributed by atoms with Gasteiger partial charge in [0.2, 0.25) is 5.91 Å². The molecule has 3 heterocycles. The lowest BCUT2D eigenvalue weighted by Gasteiger charge is -2.22. The molecule has 3 amide bonds. The molecule has 2 aromatic heterocycles. The first-order chi connectivity index (χ1) is 14.6. The van der Waals surface area contributed by atoms with Crippen molar-refractivity contribution >= 4 is 17.7 Å². The van der Waals surface area contributed by atoms with Crippen LogP contribution >= 0.6 is 0 Å². The maximum Gasteiger partial charge on any atom is 0.261 e. The highest BCUT2D eigenvalue weighted by molar-refractivity contribution is 6.21. The van der Waals surface area contributed by atoms with E-state index in [1.807, 2.05) is 18.2 Å². The summed E-state index contributed by atoms with van der Waals surface area (Å²) in [6.07, 6.45) is 5.59. The van der Waals surface area contributed by atoms with Gasteiger partial charge in [0.1, 0.15) is 5.76 Å². The zero-order chi connectivity index (χ0) is 20.9. The quantitative estimate of drug-likeness (QED) is 0.539. The fourth-order valence-electron chi connectivity index (χ4n) is 3.52. The minimum Gasteiger partial charge on any atom is -0.467 e. The molecule has 0 N–H and O–H groups in total. The van der Waals surface area contributed by atoms with Crippen molar-refractivity contribution < 1.29 is 18.8 Å².